The Morgan fingerprint density at radius 2 is 1.90 bits per heavy atom. The molecule has 0 spiro atoms. The molecule has 0 fully saturated rings. The number of para-hydroxylation sites is 1. The summed E-state index contributed by atoms with van der Waals surface area (Å²) >= 11 is 0. The number of benzene rings is 1. The van der Waals surface area contributed by atoms with Gasteiger partial charge < -0.3 is 9.73 Å². The van der Waals surface area contributed by atoms with Crippen molar-refractivity contribution >= 4 is 23.8 Å². The van der Waals surface area contributed by atoms with Crippen molar-refractivity contribution in [3.63, 3.8) is 0 Å². The molecule has 0 saturated carbocycles. The average molecular weight is 289 g/mol. The Hall–Kier alpha value is -2.90. The van der Waals surface area contributed by atoms with Crippen molar-refractivity contribution in [1.29, 1.82) is 0 Å². The fourth-order valence-corrected chi connectivity index (χ4v) is 1.63. The number of carbonyl (C=O) groups excluding carboxylic acids is 2. The first kappa shape index (κ1) is 14.5. The van der Waals surface area contributed by atoms with Crippen molar-refractivity contribution in [3.8, 4) is 0 Å². The Kier molecular flexibility index (Phi) is 4.50. The molecule has 2 N–H and O–H groups in total. The van der Waals surface area contributed by atoms with Gasteiger partial charge in [0.25, 0.3) is 0 Å². The van der Waals surface area contributed by atoms with Gasteiger partial charge in [-0.05, 0) is 19.1 Å². The number of nitrogens with one attached hydrogen (secondary N) is 2. The lowest BCUT2D eigenvalue weighted by Crippen LogP contribution is -2.46. The highest BCUT2D eigenvalue weighted by Crippen LogP contribution is 2.15. The molecule has 8 nitrogen and oxygen atoms in total. The maximum Gasteiger partial charge on any atom is 0.338 e. The number of carbonyl (C=O) groups is 2. The van der Waals surface area contributed by atoms with Gasteiger partial charge >= 0.3 is 18.1 Å². The lowest BCUT2D eigenvalue weighted by molar-refractivity contribution is 0.239. The quantitative estimate of drug-likeness (QED) is 0.901. The molecule has 1 aromatic heterocycles. The maximum atomic E-state index is 12.3. The monoisotopic (exact) mass is 289 g/mol. The van der Waals surface area contributed by atoms with Gasteiger partial charge in [0.2, 0.25) is 5.89 Å². The van der Waals surface area contributed by atoms with Crippen LogP contribution in [0.2, 0.25) is 0 Å². The van der Waals surface area contributed by atoms with Gasteiger partial charge in [0.1, 0.15) is 0 Å². The normalized spacial score (nSPS) is 10.0. The van der Waals surface area contributed by atoms with Gasteiger partial charge in [-0.2, -0.15) is 0 Å². The lowest BCUT2D eigenvalue weighted by atomic mass is 10.3. The SMILES string of the molecule is CCNC(=O)N(C(=O)Nc1nnc(C)o1)c1ccccc1. The third kappa shape index (κ3) is 3.56. The molecule has 0 aliphatic rings. The summed E-state index contributed by atoms with van der Waals surface area (Å²) in [6.45, 7) is 3.76. The first-order valence-electron chi connectivity index (χ1n) is 6.36. The summed E-state index contributed by atoms with van der Waals surface area (Å²) in [5, 5.41) is 12.2. The molecular weight excluding hydrogens is 274 g/mol. The van der Waals surface area contributed by atoms with Crippen molar-refractivity contribution in [2.75, 3.05) is 16.8 Å². The van der Waals surface area contributed by atoms with Gasteiger partial charge in [-0.1, -0.05) is 23.3 Å². The number of aromatic nitrogens is 2. The highest BCUT2D eigenvalue weighted by molar-refractivity contribution is 6.17. The second-order valence-corrected chi connectivity index (χ2v) is 4.06. The minimum atomic E-state index is -0.684. The van der Waals surface area contributed by atoms with E-state index in [1.54, 1.807) is 44.2 Å². The molecule has 2 rings (SSSR count). The second-order valence-electron chi connectivity index (χ2n) is 4.06. The van der Waals surface area contributed by atoms with Crippen LogP contribution in [0.15, 0.2) is 34.7 Å². The fraction of sp³-hybridized carbons (Fsp3) is 0.231. The van der Waals surface area contributed by atoms with E-state index < -0.39 is 12.1 Å². The van der Waals surface area contributed by atoms with E-state index in [1.807, 2.05) is 0 Å². The summed E-state index contributed by atoms with van der Waals surface area (Å²) in [6.07, 6.45) is 0. The number of rotatable bonds is 3. The van der Waals surface area contributed by atoms with Crippen LogP contribution in [0, 0.1) is 6.92 Å². The summed E-state index contributed by atoms with van der Waals surface area (Å²) in [5.41, 5.74) is 0.428. The van der Waals surface area contributed by atoms with Gasteiger partial charge in [0.15, 0.2) is 0 Å². The minimum absolute atomic E-state index is 0.0669. The molecule has 0 aliphatic heterocycles. The zero-order valence-electron chi connectivity index (χ0n) is 11.7. The van der Waals surface area contributed by atoms with Crippen LogP contribution in [0.5, 0.6) is 0 Å². The van der Waals surface area contributed by atoms with Crippen LogP contribution < -0.4 is 15.5 Å². The number of urea groups is 2. The molecule has 110 valence electrons. The summed E-state index contributed by atoms with van der Waals surface area (Å²) in [5.74, 6) is 0.314. The van der Waals surface area contributed by atoms with E-state index in [0.717, 1.165) is 4.90 Å². The number of amides is 4. The van der Waals surface area contributed by atoms with Crippen LogP contribution in [0.4, 0.5) is 21.3 Å². The first-order valence-corrected chi connectivity index (χ1v) is 6.36. The molecule has 0 saturated heterocycles. The van der Waals surface area contributed by atoms with Crippen molar-refractivity contribution < 1.29 is 14.0 Å². The van der Waals surface area contributed by atoms with Crippen molar-refractivity contribution in [1.82, 2.24) is 15.5 Å². The van der Waals surface area contributed by atoms with E-state index >= 15 is 0 Å². The van der Waals surface area contributed by atoms with Crippen LogP contribution in [-0.2, 0) is 0 Å². The Bertz CT molecular complexity index is 626. The summed E-state index contributed by atoms with van der Waals surface area (Å²) in [7, 11) is 0. The molecular formula is C13H15N5O3. The number of aryl methyl sites for hydroxylation is 1. The van der Waals surface area contributed by atoms with Crippen LogP contribution in [0.3, 0.4) is 0 Å². The highest BCUT2D eigenvalue weighted by Gasteiger charge is 2.24. The predicted octanol–water partition coefficient (Wildman–Crippen LogP) is 2.15. The van der Waals surface area contributed by atoms with Gasteiger partial charge in [-0.15, -0.1) is 5.10 Å². The van der Waals surface area contributed by atoms with Gasteiger partial charge in [-0.25, -0.2) is 14.5 Å². The number of nitrogens with zero attached hydrogens (tertiary/aromatic N) is 3. The topological polar surface area (TPSA) is 100 Å². The summed E-state index contributed by atoms with van der Waals surface area (Å²) in [4.78, 5) is 25.3. The standard InChI is InChI=1S/C13H15N5O3/c1-3-14-12(19)18(10-7-5-4-6-8-10)13(20)15-11-17-16-9(2)21-11/h4-8H,3H2,1-2H3,(H,14,19)(H,15,17,20). The third-order valence-electron chi connectivity index (χ3n) is 2.49. The molecule has 2 aromatic rings. The number of hydrogen-bond acceptors (Lipinski definition) is 5. The maximum absolute atomic E-state index is 12.3. The van der Waals surface area contributed by atoms with Crippen LogP contribution in [0.1, 0.15) is 12.8 Å². The van der Waals surface area contributed by atoms with E-state index in [1.165, 1.54) is 0 Å². The first-order chi connectivity index (χ1) is 10.1. The zero-order valence-corrected chi connectivity index (χ0v) is 11.7. The van der Waals surface area contributed by atoms with E-state index in [2.05, 4.69) is 20.8 Å². The average Bonchev–Trinajstić information content (AvgIpc) is 2.86. The molecule has 21 heavy (non-hydrogen) atoms. The molecule has 8 heteroatoms. The molecule has 4 amide bonds. The zero-order chi connectivity index (χ0) is 15.2. The molecule has 1 heterocycles. The Morgan fingerprint density at radius 3 is 2.48 bits per heavy atom. The van der Waals surface area contributed by atoms with E-state index in [9.17, 15) is 9.59 Å². The molecule has 0 aliphatic carbocycles. The largest absolute Gasteiger partial charge is 0.408 e. The summed E-state index contributed by atoms with van der Waals surface area (Å²) < 4.78 is 5.07. The number of anilines is 2. The van der Waals surface area contributed by atoms with Crippen LogP contribution in [-0.4, -0.2) is 28.8 Å². The minimum Gasteiger partial charge on any atom is -0.408 e. The molecule has 0 bridgehead atoms. The smallest absolute Gasteiger partial charge is 0.338 e. The predicted molar refractivity (Wildman–Crippen MR) is 76.0 cm³/mol. The lowest BCUT2D eigenvalue weighted by Gasteiger charge is -2.20. The fourth-order valence-electron chi connectivity index (χ4n) is 1.63. The van der Waals surface area contributed by atoms with Crippen LogP contribution >= 0.6 is 0 Å². The van der Waals surface area contributed by atoms with Crippen molar-refractivity contribution in [2.24, 2.45) is 0 Å². The molecule has 0 radical (unpaired) electrons. The van der Waals surface area contributed by atoms with Crippen molar-refractivity contribution in [3.05, 3.63) is 36.2 Å². The van der Waals surface area contributed by atoms with E-state index in [0.29, 0.717) is 18.1 Å². The Morgan fingerprint density at radius 1 is 1.19 bits per heavy atom. The Balaban J connectivity index is 2.22. The Labute approximate surface area is 121 Å². The van der Waals surface area contributed by atoms with Crippen LogP contribution in [0.25, 0.3) is 0 Å². The molecule has 0 atom stereocenters. The van der Waals surface area contributed by atoms with Gasteiger partial charge in [0.05, 0.1) is 5.69 Å². The number of hydrogen-bond donors (Lipinski definition) is 2. The third-order valence-corrected chi connectivity index (χ3v) is 2.49. The summed E-state index contributed by atoms with van der Waals surface area (Å²) in [6, 6.07) is 7.24. The van der Waals surface area contributed by atoms with Crippen molar-refractivity contribution in [2.45, 2.75) is 13.8 Å². The molecule has 1 aromatic carbocycles. The second kappa shape index (κ2) is 6.51. The van der Waals surface area contributed by atoms with Gasteiger partial charge in [0, 0.05) is 13.5 Å². The highest BCUT2D eigenvalue weighted by atomic mass is 16.4. The number of imide groups is 1. The van der Waals surface area contributed by atoms with E-state index in [-0.39, 0.29) is 6.01 Å². The van der Waals surface area contributed by atoms with Gasteiger partial charge in [-0.3, -0.25) is 5.32 Å². The van der Waals surface area contributed by atoms with E-state index in [4.69, 9.17) is 4.42 Å². The molecule has 0 unspecified atom stereocenters.